The number of halogens is 1. The van der Waals surface area contributed by atoms with Gasteiger partial charge in [-0.05, 0) is 30.5 Å². The topological polar surface area (TPSA) is 93.4 Å². The zero-order valence-electron chi connectivity index (χ0n) is 12.8. The van der Waals surface area contributed by atoms with E-state index in [2.05, 4.69) is 11.4 Å². The van der Waals surface area contributed by atoms with E-state index >= 15 is 0 Å². The van der Waals surface area contributed by atoms with E-state index in [0.717, 1.165) is 18.4 Å². The second-order valence-corrected chi connectivity index (χ2v) is 6.82. The summed E-state index contributed by atoms with van der Waals surface area (Å²) in [4.78, 5) is 25.3. The van der Waals surface area contributed by atoms with E-state index in [1.165, 1.54) is 0 Å². The fourth-order valence-corrected chi connectivity index (χ4v) is 4.23. The molecule has 1 aromatic rings. The third-order valence-corrected chi connectivity index (χ3v) is 5.47. The van der Waals surface area contributed by atoms with Crippen LogP contribution in [-0.4, -0.2) is 46.3 Å². The first-order valence-electron chi connectivity index (χ1n) is 7.51. The van der Waals surface area contributed by atoms with Gasteiger partial charge in [-0.1, -0.05) is 12.1 Å². The Balaban J connectivity index is 0.00000208. The molecule has 0 spiro atoms. The van der Waals surface area contributed by atoms with E-state index in [0.29, 0.717) is 12.3 Å². The number of hydrogen-bond acceptors (Lipinski definition) is 5. The van der Waals surface area contributed by atoms with Crippen molar-refractivity contribution >= 4 is 36.0 Å². The second-order valence-electron chi connectivity index (χ2n) is 5.68. The average molecular weight is 368 g/mol. The maximum absolute atomic E-state index is 12.6. The lowest BCUT2D eigenvalue weighted by Gasteiger charge is -2.23. The molecule has 1 amide bonds. The molecule has 0 aromatic heterocycles. The summed E-state index contributed by atoms with van der Waals surface area (Å²) in [6.07, 6.45) is 1.61. The van der Waals surface area contributed by atoms with E-state index < -0.39 is 5.97 Å². The predicted molar refractivity (Wildman–Crippen MR) is 93.1 cm³/mol. The number of carbonyl (C=O) groups excluding carboxylic acids is 1. The van der Waals surface area contributed by atoms with Crippen LogP contribution in [0.5, 0.6) is 0 Å². The van der Waals surface area contributed by atoms with Crippen LogP contribution in [-0.2, 0) is 4.79 Å². The maximum atomic E-state index is 12.6. The molecule has 0 radical (unpaired) electrons. The van der Waals surface area contributed by atoms with E-state index in [1.54, 1.807) is 34.9 Å². The fraction of sp³-hybridized carbons (Fsp3) is 0.438. The number of benzene rings is 1. The fourth-order valence-electron chi connectivity index (χ4n) is 3.01. The smallest absolute Gasteiger partial charge is 0.335 e. The molecule has 3 rings (SSSR count). The number of carboxylic acids is 1. The van der Waals surface area contributed by atoms with Crippen LogP contribution >= 0.6 is 24.2 Å². The van der Waals surface area contributed by atoms with Crippen LogP contribution in [0.1, 0.15) is 34.1 Å². The van der Waals surface area contributed by atoms with Gasteiger partial charge in [0.2, 0.25) is 5.91 Å². The molecule has 2 aliphatic rings. The Labute approximate surface area is 150 Å². The monoisotopic (exact) mass is 367 g/mol. The second kappa shape index (κ2) is 7.88. The molecule has 2 aliphatic heterocycles. The first-order valence-corrected chi connectivity index (χ1v) is 8.56. The van der Waals surface area contributed by atoms with Crippen molar-refractivity contribution in [2.75, 3.05) is 12.3 Å². The Morgan fingerprint density at radius 1 is 1.42 bits per heavy atom. The van der Waals surface area contributed by atoms with Crippen molar-refractivity contribution in [1.82, 2.24) is 10.2 Å². The minimum atomic E-state index is -0.962. The molecule has 24 heavy (non-hydrogen) atoms. The largest absolute Gasteiger partial charge is 0.478 e. The number of aromatic carboxylic acids is 1. The van der Waals surface area contributed by atoms with E-state index in [1.807, 2.05) is 6.07 Å². The van der Waals surface area contributed by atoms with Gasteiger partial charge in [0, 0.05) is 12.3 Å². The van der Waals surface area contributed by atoms with Crippen LogP contribution in [0.25, 0.3) is 0 Å². The first kappa shape index (κ1) is 18.6. The standard InChI is InChI=1S/C16H17N3O3S.ClH/c17-8-12-5-2-6-19(12)15(20)13-9-23-14(18-13)10-3-1-4-11(7-10)16(21)22;/h1,3-4,7,12-14,18H,2,5-6,9H2,(H,21,22);1H/t12-,13-,14?;/m0./s1. The number of nitriles is 1. The van der Waals surface area contributed by atoms with Gasteiger partial charge in [0.1, 0.15) is 6.04 Å². The molecule has 2 fully saturated rings. The maximum Gasteiger partial charge on any atom is 0.335 e. The highest BCUT2D eigenvalue weighted by Gasteiger charge is 2.37. The van der Waals surface area contributed by atoms with Crippen molar-refractivity contribution in [1.29, 1.82) is 5.26 Å². The number of nitrogens with one attached hydrogen (secondary N) is 1. The Bertz CT molecular complexity index is 679. The van der Waals surface area contributed by atoms with Gasteiger partial charge in [-0.25, -0.2) is 4.79 Å². The van der Waals surface area contributed by atoms with Gasteiger partial charge in [0.15, 0.2) is 0 Å². The molecule has 1 unspecified atom stereocenters. The van der Waals surface area contributed by atoms with Crippen LogP contribution in [0.2, 0.25) is 0 Å². The lowest BCUT2D eigenvalue weighted by atomic mass is 10.1. The normalized spacial score (nSPS) is 25.8. The number of thioether (sulfide) groups is 1. The summed E-state index contributed by atoms with van der Waals surface area (Å²) in [5.41, 5.74) is 1.09. The molecule has 2 heterocycles. The van der Waals surface area contributed by atoms with Crippen LogP contribution in [0.4, 0.5) is 0 Å². The number of likely N-dealkylation sites (tertiary alicyclic amines) is 1. The van der Waals surface area contributed by atoms with Crippen LogP contribution < -0.4 is 5.32 Å². The summed E-state index contributed by atoms with van der Waals surface area (Å²) in [6.45, 7) is 0.638. The third kappa shape index (κ3) is 3.66. The minimum Gasteiger partial charge on any atom is -0.478 e. The molecule has 0 saturated carbocycles. The quantitative estimate of drug-likeness (QED) is 0.849. The van der Waals surface area contributed by atoms with Crippen molar-refractivity contribution in [2.45, 2.75) is 30.3 Å². The average Bonchev–Trinajstić information content (AvgIpc) is 3.23. The Kier molecular flexibility index (Phi) is 6.10. The molecule has 2 saturated heterocycles. The van der Waals surface area contributed by atoms with Gasteiger partial charge < -0.3 is 10.0 Å². The van der Waals surface area contributed by atoms with Crippen molar-refractivity contribution < 1.29 is 14.7 Å². The summed E-state index contributed by atoms with van der Waals surface area (Å²) in [7, 11) is 0. The lowest BCUT2D eigenvalue weighted by molar-refractivity contribution is -0.132. The summed E-state index contributed by atoms with van der Waals surface area (Å²) in [5, 5.41) is 21.3. The number of carboxylic acid groups (broad SMARTS) is 1. The predicted octanol–water partition coefficient (Wildman–Crippen LogP) is 2.02. The van der Waals surface area contributed by atoms with E-state index in [9.17, 15) is 9.59 Å². The number of carbonyl (C=O) groups is 2. The van der Waals surface area contributed by atoms with Gasteiger partial charge in [0.05, 0.1) is 23.0 Å². The van der Waals surface area contributed by atoms with Gasteiger partial charge in [-0.15, -0.1) is 24.2 Å². The highest BCUT2D eigenvalue weighted by atomic mass is 35.5. The van der Waals surface area contributed by atoms with Crippen LogP contribution in [0.3, 0.4) is 0 Å². The van der Waals surface area contributed by atoms with Crippen molar-refractivity contribution in [3.8, 4) is 6.07 Å². The molecular weight excluding hydrogens is 350 g/mol. The van der Waals surface area contributed by atoms with E-state index in [-0.39, 0.29) is 41.3 Å². The SMILES string of the molecule is Cl.N#C[C@@H]1CCCN1C(=O)[C@@H]1CSC(c2cccc(C(=O)O)c2)N1. The van der Waals surface area contributed by atoms with E-state index in [4.69, 9.17) is 10.4 Å². The summed E-state index contributed by atoms with van der Waals surface area (Å²) in [6, 6.07) is 8.30. The molecule has 0 aliphatic carbocycles. The summed E-state index contributed by atoms with van der Waals surface area (Å²) in [5.74, 6) is -0.370. The zero-order chi connectivity index (χ0) is 16.4. The minimum absolute atomic E-state index is 0. The number of hydrogen-bond donors (Lipinski definition) is 2. The van der Waals surface area contributed by atoms with Crippen LogP contribution in [0.15, 0.2) is 24.3 Å². The van der Waals surface area contributed by atoms with Crippen LogP contribution in [0, 0.1) is 11.3 Å². The molecule has 128 valence electrons. The first-order chi connectivity index (χ1) is 11.1. The third-order valence-electron chi connectivity index (χ3n) is 4.20. The van der Waals surface area contributed by atoms with Gasteiger partial charge >= 0.3 is 5.97 Å². The zero-order valence-corrected chi connectivity index (χ0v) is 14.5. The number of nitrogens with zero attached hydrogens (tertiary/aromatic N) is 2. The molecular formula is C16H18ClN3O3S. The van der Waals surface area contributed by atoms with Gasteiger partial charge in [-0.2, -0.15) is 5.26 Å². The van der Waals surface area contributed by atoms with Crippen molar-refractivity contribution in [2.24, 2.45) is 0 Å². The molecule has 3 atom stereocenters. The Hall–Kier alpha value is -1.75. The number of rotatable bonds is 3. The number of amides is 1. The highest BCUT2D eigenvalue weighted by Crippen LogP contribution is 2.34. The Morgan fingerprint density at radius 2 is 2.21 bits per heavy atom. The van der Waals surface area contributed by atoms with Crippen molar-refractivity contribution in [3.05, 3.63) is 35.4 Å². The van der Waals surface area contributed by atoms with Gasteiger partial charge in [-0.3, -0.25) is 10.1 Å². The molecule has 1 aromatic carbocycles. The van der Waals surface area contributed by atoms with Crippen molar-refractivity contribution in [3.63, 3.8) is 0 Å². The van der Waals surface area contributed by atoms with Gasteiger partial charge in [0.25, 0.3) is 0 Å². The highest BCUT2D eigenvalue weighted by molar-refractivity contribution is 7.99. The summed E-state index contributed by atoms with van der Waals surface area (Å²) < 4.78 is 0. The molecule has 0 bridgehead atoms. The molecule has 8 heteroatoms. The lowest BCUT2D eigenvalue weighted by Crippen LogP contribution is -2.46. The molecule has 6 nitrogen and oxygen atoms in total. The summed E-state index contributed by atoms with van der Waals surface area (Å²) >= 11 is 1.59. The Morgan fingerprint density at radius 3 is 2.92 bits per heavy atom. The molecule has 2 N–H and O–H groups in total.